The highest BCUT2D eigenvalue weighted by Gasteiger charge is 2.21. The van der Waals surface area contributed by atoms with E-state index in [1.54, 1.807) is 0 Å². The molecule has 1 rings (SSSR count). The lowest BCUT2D eigenvalue weighted by atomic mass is 10.2. The Morgan fingerprint density at radius 3 is 2.72 bits per heavy atom. The van der Waals surface area contributed by atoms with Gasteiger partial charge in [0, 0.05) is 6.07 Å². The molecule has 0 aliphatic carbocycles. The van der Waals surface area contributed by atoms with E-state index in [1.165, 1.54) is 0 Å². The molecule has 0 saturated heterocycles. The van der Waals surface area contributed by atoms with Gasteiger partial charge < -0.3 is 15.4 Å². The molecule has 0 aliphatic heterocycles. The highest BCUT2D eigenvalue weighted by Crippen LogP contribution is 2.12. The monoisotopic (exact) mass is 273 g/mol. The van der Waals surface area contributed by atoms with Crippen molar-refractivity contribution in [1.82, 2.24) is 10.3 Å². The first kappa shape index (κ1) is 14.0. The van der Waals surface area contributed by atoms with Crippen LogP contribution in [0.4, 0.5) is 5.69 Å². The van der Waals surface area contributed by atoms with E-state index in [-0.39, 0.29) is 17.8 Å². The predicted molar refractivity (Wildman–Crippen MR) is 64.8 cm³/mol. The Balaban J connectivity index is 2.74. The first-order valence-corrected chi connectivity index (χ1v) is 5.56. The molecule has 0 radical (unpaired) electrons. The van der Waals surface area contributed by atoms with E-state index < -0.39 is 22.8 Å². The molecule has 1 aromatic heterocycles. The second-order valence-corrected chi connectivity index (χ2v) is 3.85. The molecule has 98 valence electrons. The number of hydrogen-bond acceptors (Lipinski definition) is 5. The third-order valence-corrected chi connectivity index (χ3v) is 2.40. The van der Waals surface area contributed by atoms with Crippen LogP contribution in [-0.2, 0) is 4.79 Å². The fraction of sp³-hybridized carbons (Fsp3) is 0.333. The number of carbonyl (C=O) groups is 2. The third kappa shape index (κ3) is 3.48. The number of aromatic amines is 1. The second kappa shape index (κ2) is 6.05. The summed E-state index contributed by atoms with van der Waals surface area (Å²) >= 11 is 3.88. The lowest BCUT2D eigenvalue weighted by Crippen LogP contribution is -2.41. The highest BCUT2D eigenvalue weighted by molar-refractivity contribution is 7.80. The number of nitro groups is 1. The number of thiol groups is 1. The predicted octanol–water partition coefficient (Wildman–Crippen LogP) is 0.426. The van der Waals surface area contributed by atoms with Crippen molar-refractivity contribution < 1.29 is 19.6 Å². The van der Waals surface area contributed by atoms with E-state index in [1.807, 2.05) is 0 Å². The Morgan fingerprint density at radius 2 is 2.28 bits per heavy atom. The van der Waals surface area contributed by atoms with Crippen LogP contribution in [0.5, 0.6) is 0 Å². The number of aromatic nitrogens is 1. The maximum absolute atomic E-state index is 11.6. The molecular weight excluding hydrogens is 262 g/mol. The number of amides is 1. The van der Waals surface area contributed by atoms with Gasteiger partial charge in [-0.3, -0.25) is 14.9 Å². The molecule has 0 fully saturated rings. The number of nitrogens with one attached hydrogen (secondary N) is 2. The number of aliphatic carboxylic acids is 1. The molecule has 0 spiro atoms. The number of carboxylic acids is 1. The summed E-state index contributed by atoms with van der Waals surface area (Å²) in [6.45, 7) is 0. The van der Waals surface area contributed by atoms with Gasteiger partial charge in [0.25, 0.3) is 11.6 Å². The van der Waals surface area contributed by atoms with E-state index in [0.717, 1.165) is 12.3 Å². The zero-order valence-electron chi connectivity index (χ0n) is 9.12. The molecule has 1 unspecified atom stereocenters. The van der Waals surface area contributed by atoms with Gasteiger partial charge in [0.2, 0.25) is 0 Å². The Kier molecular flexibility index (Phi) is 4.72. The second-order valence-electron chi connectivity index (χ2n) is 3.41. The van der Waals surface area contributed by atoms with Crippen LogP contribution in [0.15, 0.2) is 12.3 Å². The molecule has 0 aliphatic rings. The smallest absolute Gasteiger partial charge is 0.326 e. The summed E-state index contributed by atoms with van der Waals surface area (Å²) < 4.78 is 0. The normalized spacial score (nSPS) is 11.8. The van der Waals surface area contributed by atoms with Crippen molar-refractivity contribution in [2.75, 3.05) is 5.75 Å². The number of rotatable bonds is 6. The Hall–Kier alpha value is -2.03. The SMILES string of the molecule is O=C(NC(CCS)C(=O)O)c1cc([N+](=O)[O-])c[nH]1. The Morgan fingerprint density at radius 1 is 1.61 bits per heavy atom. The first-order valence-electron chi connectivity index (χ1n) is 4.93. The molecule has 1 aromatic rings. The van der Waals surface area contributed by atoms with Crippen LogP contribution in [0.25, 0.3) is 0 Å². The maximum atomic E-state index is 11.6. The summed E-state index contributed by atoms with van der Waals surface area (Å²) in [6, 6.07) is -0.0352. The number of nitrogens with zero attached hydrogens (tertiary/aromatic N) is 1. The summed E-state index contributed by atoms with van der Waals surface area (Å²) in [7, 11) is 0. The van der Waals surface area contributed by atoms with Crippen molar-refractivity contribution in [1.29, 1.82) is 0 Å². The van der Waals surface area contributed by atoms with Crippen LogP contribution in [-0.4, -0.2) is 38.7 Å². The van der Waals surface area contributed by atoms with E-state index in [2.05, 4.69) is 22.9 Å². The average molecular weight is 273 g/mol. The maximum Gasteiger partial charge on any atom is 0.326 e. The number of carbonyl (C=O) groups excluding carboxylic acids is 1. The molecule has 18 heavy (non-hydrogen) atoms. The minimum absolute atomic E-state index is 0.0629. The topological polar surface area (TPSA) is 125 Å². The summed E-state index contributed by atoms with van der Waals surface area (Å²) in [5, 5.41) is 21.5. The summed E-state index contributed by atoms with van der Waals surface area (Å²) in [6.07, 6.45) is 1.22. The number of carboxylic acid groups (broad SMARTS) is 1. The molecule has 0 aromatic carbocycles. The van der Waals surface area contributed by atoms with Gasteiger partial charge >= 0.3 is 5.97 Å². The molecule has 1 amide bonds. The van der Waals surface area contributed by atoms with Gasteiger partial charge in [-0.05, 0) is 12.2 Å². The lowest BCUT2D eigenvalue weighted by Gasteiger charge is -2.12. The van der Waals surface area contributed by atoms with E-state index >= 15 is 0 Å². The van der Waals surface area contributed by atoms with Crippen LogP contribution in [0.1, 0.15) is 16.9 Å². The van der Waals surface area contributed by atoms with Gasteiger partial charge in [-0.1, -0.05) is 0 Å². The quantitative estimate of drug-likeness (QED) is 0.339. The van der Waals surface area contributed by atoms with Gasteiger partial charge in [-0.25, -0.2) is 4.79 Å². The standard InChI is InChI=1S/C9H11N3O5S/c13-8(11-6(1-2-18)9(14)15)7-3-5(4-10-7)12(16)17/h3-4,6,10,18H,1-2H2,(H,11,13)(H,14,15). The van der Waals surface area contributed by atoms with Gasteiger partial charge in [-0.15, -0.1) is 0 Å². The summed E-state index contributed by atoms with van der Waals surface area (Å²) in [5.41, 5.74) is -0.326. The van der Waals surface area contributed by atoms with Gasteiger partial charge in [-0.2, -0.15) is 12.6 Å². The largest absolute Gasteiger partial charge is 0.480 e. The fourth-order valence-corrected chi connectivity index (χ4v) is 1.50. The minimum atomic E-state index is -1.18. The van der Waals surface area contributed by atoms with Crippen molar-refractivity contribution >= 4 is 30.2 Å². The molecule has 3 N–H and O–H groups in total. The van der Waals surface area contributed by atoms with Crippen LogP contribution in [0, 0.1) is 10.1 Å². The van der Waals surface area contributed by atoms with E-state index in [0.29, 0.717) is 5.75 Å². The molecular formula is C9H11N3O5S. The third-order valence-electron chi connectivity index (χ3n) is 2.14. The molecule has 8 nitrogen and oxygen atoms in total. The Bertz CT molecular complexity index is 473. The summed E-state index contributed by atoms with van der Waals surface area (Å²) in [4.78, 5) is 34.6. The minimum Gasteiger partial charge on any atom is -0.480 e. The zero-order valence-corrected chi connectivity index (χ0v) is 10.0. The highest BCUT2D eigenvalue weighted by atomic mass is 32.1. The van der Waals surface area contributed by atoms with Crippen LogP contribution < -0.4 is 5.32 Å². The molecule has 9 heteroatoms. The fourth-order valence-electron chi connectivity index (χ4n) is 1.24. The zero-order chi connectivity index (χ0) is 13.7. The lowest BCUT2D eigenvalue weighted by molar-refractivity contribution is -0.384. The van der Waals surface area contributed by atoms with Gasteiger partial charge in [0.15, 0.2) is 0 Å². The summed E-state index contributed by atoms with van der Waals surface area (Å²) in [5.74, 6) is -1.60. The van der Waals surface area contributed by atoms with Crippen molar-refractivity contribution in [3.63, 3.8) is 0 Å². The molecule has 1 atom stereocenters. The molecule has 1 heterocycles. The Labute approximate surface area is 107 Å². The average Bonchev–Trinajstić information content (AvgIpc) is 2.77. The van der Waals surface area contributed by atoms with E-state index in [4.69, 9.17) is 5.11 Å². The van der Waals surface area contributed by atoms with Crippen LogP contribution >= 0.6 is 12.6 Å². The van der Waals surface area contributed by atoms with Crippen molar-refractivity contribution in [2.45, 2.75) is 12.5 Å². The molecule has 0 saturated carbocycles. The van der Waals surface area contributed by atoms with Crippen LogP contribution in [0.3, 0.4) is 0 Å². The first-order chi connectivity index (χ1) is 8.45. The van der Waals surface area contributed by atoms with E-state index in [9.17, 15) is 19.7 Å². The van der Waals surface area contributed by atoms with Crippen LogP contribution in [0.2, 0.25) is 0 Å². The van der Waals surface area contributed by atoms with Crippen molar-refractivity contribution in [3.8, 4) is 0 Å². The van der Waals surface area contributed by atoms with Gasteiger partial charge in [0.05, 0.1) is 11.1 Å². The van der Waals surface area contributed by atoms with Crippen molar-refractivity contribution in [3.05, 3.63) is 28.1 Å². The number of H-pyrrole nitrogens is 1. The molecule has 0 bridgehead atoms. The van der Waals surface area contributed by atoms with Crippen molar-refractivity contribution in [2.24, 2.45) is 0 Å². The number of hydrogen-bond donors (Lipinski definition) is 4. The van der Waals surface area contributed by atoms with Gasteiger partial charge in [0.1, 0.15) is 11.7 Å².